The maximum Gasteiger partial charge on any atom is 0.303 e. The summed E-state index contributed by atoms with van der Waals surface area (Å²) in [6.07, 6.45) is 5.95. The Kier molecular flexibility index (Phi) is 6.97. The number of para-hydroxylation sites is 2. The topological polar surface area (TPSA) is 84.5 Å². The Balaban J connectivity index is 1.47. The Morgan fingerprint density at radius 1 is 1.08 bits per heavy atom. The highest BCUT2D eigenvalue weighted by Crippen LogP contribution is 2.48. The fourth-order valence-electron chi connectivity index (χ4n) is 5.51. The normalized spacial score (nSPS) is 18.5. The molecule has 0 spiro atoms. The van der Waals surface area contributed by atoms with E-state index in [2.05, 4.69) is 54.5 Å². The smallest absolute Gasteiger partial charge is 0.303 e. The van der Waals surface area contributed by atoms with Crippen molar-refractivity contribution >= 4 is 45.1 Å². The number of nitrogens with zero attached hydrogens (tertiary/aromatic N) is 2. The number of anilines is 1. The fraction of sp³-hybridized carbons (Fsp3) is 0.323. The number of carboxylic acid groups (broad SMARTS) is 1. The van der Waals surface area contributed by atoms with Crippen LogP contribution in [-0.2, 0) is 21.5 Å². The van der Waals surface area contributed by atoms with Gasteiger partial charge in [0.15, 0.2) is 5.78 Å². The molecule has 3 aromatic rings. The molecule has 1 aliphatic heterocycles. The lowest BCUT2D eigenvalue weighted by Crippen LogP contribution is -2.35. The second-order valence-corrected chi connectivity index (χ2v) is 11.4. The molecule has 2 aliphatic rings. The van der Waals surface area contributed by atoms with Crippen LogP contribution in [0, 0.1) is 0 Å². The lowest BCUT2D eigenvalue weighted by molar-refractivity contribution is -0.665. The van der Waals surface area contributed by atoms with Gasteiger partial charge in [0.25, 0.3) is 5.01 Å². The molecule has 5 rings (SSSR count). The van der Waals surface area contributed by atoms with E-state index in [0.29, 0.717) is 13.0 Å². The molecular formula is C31H32N2O4S. The van der Waals surface area contributed by atoms with E-state index in [4.69, 9.17) is 5.11 Å². The molecule has 0 unspecified atom stereocenters. The monoisotopic (exact) mass is 528 g/mol. The first-order chi connectivity index (χ1) is 18.2. The van der Waals surface area contributed by atoms with E-state index in [1.54, 1.807) is 23.5 Å². The number of fused-ring (bicyclic) bond motifs is 2. The molecule has 0 atom stereocenters. The number of aromatic nitrogens is 1. The van der Waals surface area contributed by atoms with Crippen molar-refractivity contribution in [1.82, 2.24) is 0 Å². The summed E-state index contributed by atoms with van der Waals surface area (Å²) in [6, 6.07) is 16.3. The molecule has 196 valence electrons. The summed E-state index contributed by atoms with van der Waals surface area (Å²) in [7, 11) is 0. The van der Waals surface area contributed by atoms with Crippen LogP contribution in [0.2, 0.25) is 0 Å². The van der Waals surface area contributed by atoms with Gasteiger partial charge < -0.3 is 15.1 Å². The summed E-state index contributed by atoms with van der Waals surface area (Å²) < 4.78 is 3.25. The molecule has 0 amide bonds. The summed E-state index contributed by atoms with van der Waals surface area (Å²) in [5, 5.41) is 23.1. The maximum atomic E-state index is 13.3. The number of thiazole rings is 1. The maximum absolute atomic E-state index is 13.3. The summed E-state index contributed by atoms with van der Waals surface area (Å²) in [6.45, 7) is 7.75. The highest BCUT2D eigenvalue weighted by molar-refractivity contribution is 7.18. The number of allylic oxidation sites excluding steroid dienone is 4. The van der Waals surface area contributed by atoms with Crippen molar-refractivity contribution in [1.29, 1.82) is 0 Å². The Bertz CT molecular complexity index is 1530. The standard InChI is InChI=1S/C31H32N2O4S/c1-4-32-24-14-9-10-15-25(24)38-27(32)19-21-29(36)20(30(21)37)18-26-31(2,3)22-12-7-8-13-23(22)33(26)17-11-5-6-16-28(34)35/h7-10,12-15,18-19H,4-6,11,16-17H2,1-3H3,(H-,34,35,36,37). The molecule has 0 bridgehead atoms. The van der Waals surface area contributed by atoms with Crippen LogP contribution in [0.5, 0.6) is 0 Å². The number of Topliss-reactive ketones (excluding diaryl/α,β-unsaturated/α-hetero) is 1. The summed E-state index contributed by atoms with van der Waals surface area (Å²) in [5.41, 5.74) is 4.35. The van der Waals surface area contributed by atoms with Gasteiger partial charge in [-0.25, -0.2) is 0 Å². The number of benzene rings is 2. The van der Waals surface area contributed by atoms with Gasteiger partial charge in [-0.1, -0.05) is 67.7 Å². The van der Waals surface area contributed by atoms with Crippen LogP contribution in [0.4, 0.5) is 5.69 Å². The molecule has 7 heteroatoms. The average molecular weight is 529 g/mol. The highest BCUT2D eigenvalue weighted by Gasteiger charge is 2.41. The number of aliphatic carboxylic acids is 1. The van der Waals surface area contributed by atoms with Crippen molar-refractivity contribution in [3.8, 4) is 0 Å². The van der Waals surface area contributed by atoms with Crippen LogP contribution in [0.1, 0.15) is 57.0 Å². The third-order valence-corrected chi connectivity index (χ3v) is 8.66. The van der Waals surface area contributed by atoms with Gasteiger partial charge in [0.05, 0.1) is 0 Å². The molecule has 0 saturated heterocycles. The zero-order chi connectivity index (χ0) is 27.0. The minimum Gasteiger partial charge on any atom is -0.871 e. The van der Waals surface area contributed by atoms with Crippen molar-refractivity contribution < 1.29 is 24.4 Å². The molecular weight excluding hydrogens is 496 g/mol. The van der Waals surface area contributed by atoms with E-state index in [1.807, 2.05) is 24.3 Å². The average Bonchev–Trinajstić information content (AvgIpc) is 3.36. The molecule has 0 radical (unpaired) electrons. The Morgan fingerprint density at radius 3 is 2.55 bits per heavy atom. The predicted molar refractivity (Wildman–Crippen MR) is 149 cm³/mol. The fourth-order valence-corrected chi connectivity index (χ4v) is 6.68. The van der Waals surface area contributed by atoms with Crippen LogP contribution in [0.25, 0.3) is 16.3 Å². The van der Waals surface area contributed by atoms with Gasteiger partial charge in [-0.05, 0) is 43.5 Å². The first kappa shape index (κ1) is 25.9. The predicted octanol–water partition coefficient (Wildman–Crippen LogP) is 5.12. The van der Waals surface area contributed by atoms with Crippen molar-refractivity contribution in [2.75, 3.05) is 11.4 Å². The number of rotatable bonds is 9. The molecule has 2 aromatic carbocycles. The minimum absolute atomic E-state index is 0.165. The van der Waals surface area contributed by atoms with Crippen LogP contribution in [0.15, 0.2) is 77.2 Å². The third-order valence-electron chi connectivity index (χ3n) is 7.55. The highest BCUT2D eigenvalue weighted by atomic mass is 32.1. The largest absolute Gasteiger partial charge is 0.871 e. The lowest BCUT2D eigenvalue weighted by atomic mass is 9.80. The molecule has 38 heavy (non-hydrogen) atoms. The number of aryl methyl sites for hydroxylation is 1. The van der Waals surface area contributed by atoms with Gasteiger partial charge in [-0.15, -0.1) is 0 Å². The Labute approximate surface area is 226 Å². The quantitative estimate of drug-likeness (QED) is 0.237. The molecule has 0 saturated carbocycles. The summed E-state index contributed by atoms with van der Waals surface area (Å²) in [5.74, 6) is -1.20. The lowest BCUT2D eigenvalue weighted by Gasteiger charge is -2.32. The van der Waals surface area contributed by atoms with Crippen LogP contribution in [0.3, 0.4) is 0 Å². The Hall–Kier alpha value is -3.71. The third kappa shape index (κ3) is 4.45. The zero-order valence-corrected chi connectivity index (χ0v) is 22.8. The molecule has 6 nitrogen and oxygen atoms in total. The van der Waals surface area contributed by atoms with E-state index < -0.39 is 5.97 Å². The van der Waals surface area contributed by atoms with Crippen molar-refractivity contribution in [3.63, 3.8) is 0 Å². The molecule has 1 aliphatic carbocycles. The van der Waals surface area contributed by atoms with E-state index >= 15 is 0 Å². The number of carboxylic acids is 1. The van der Waals surface area contributed by atoms with Gasteiger partial charge in [0.2, 0.25) is 5.52 Å². The van der Waals surface area contributed by atoms with E-state index in [0.717, 1.165) is 51.6 Å². The number of carbonyl (C=O) groups excluding carboxylic acids is 1. The van der Waals surface area contributed by atoms with Crippen molar-refractivity contribution in [3.05, 3.63) is 87.8 Å². The van der Waals surface area contributed by atoms with Gasteiger partial charge in [-0.2, -0.15) is 4.57 Å². The van der Waals surface area contributed by atoms with Crippen LogP contribution < -0.4 is 14.6 Å². The number of hydrogen-bond donors (Lipinski definition) is 1. The second kappa shape index (κ2) is 10.2. The minimum atomic E-state index is -0.777. The van der Waals surface area contributed by atoms with E-state index in [1.165, 1.54) is 0 Å². The van der Waals surface area contributed by atoms with Crippen molar-refractivity contribution in [2.24, 2.45) is 0 Å². The summed E-state index contributed by atoms with van der Waals surface area (Å²) in [4.78, 5) is 26.4. The molecule has 0 fully saturated rings. The van der Waals surface area contributed by atoms with Gasteiger partial charge in [0.1, 0.15) is 11.2 Å². The van der Waals surface area contributed by atoms with Gasteiger partial charge >= 0.3 is 5.97 Å². The first-order valence-corrected chi connectivity index (χ1v) is 14.0. The SMILES string of the molecule is CC[n+]1c(/C=C2\C(=O)C(C=C3N(CCCCCC(=O)O)c4ccccc4C3(C)C)=C2[O-])sc2ccccc21. The molecule has 1 aromatic heterocycles. The zero-order valence-electron chi connectivity index (χ0n) is 22.0. The molecule has 1 N–H and O–H groups in total. The van der Waals surface area contributed by atoms with Crippen molar-refractivity contribution in [2.45, 2.75) is 58.4 Å². The summed E-state index contributed by atoms with van der Waals surface area (Å²) >= 11 is 1.58. The van der Waals surface area contributed by atoms with Crippen LogP contribution >= 0.6 is 11.3 Å². The van der Waals surface area contributed by atoms with E-state index in [9.17, 15) is 14.7 Å². The van der Waals surface area contributed by atoms with Gasteiger partial charge in [-0.3, -0.25) is 9.59 Å². The van der Waals surface area contributed by atoms with Gasteiger partial charge in [0, 0.05) is 53.1 Å². The number of ketones is 1. The van der Waals surface area contributed by atoms with Crippen LogP contribution in [-0.4, -0.2) is 23.4 Å². The number of hydrogen-bond acceptors (Lipinski definition) is 5. The molecule has 2 heterocycles. The Morgan fingerprint density at radius 2 is 1.82 bits per heavy atom. The number of carbonyl (C=O) groups is 2. The second-order valence-electron chi connectivity index (χ2n) is 10.3. The number of unbranched alkanes of at least 4 members (excludes halogenated alkanes) is 2. The van der Waals surface area contributed by atoms with E-state index in [-0.39, 0.29) is 34.5 Å². The first-order valence-electron chi connectivity index (χ1n) is 13.1.